The third-order valence-corrected chi connectivity index (χ3v) is 3.04. The Morgan fingerprint density at radius 2 is 2.00 bits per heavy atom. The Balaban J connectivity index is 2.08. The van der Waals surface area contributed by atoms with Gasteiger partial charge in [0.1, 0.15) is 11.6 Å². The molecular weight excluding hydrogens is 269 g/mol. The van der Waals surface area contributed by atoms with Gasteiger partial charge in [-0.15, -0.1) is 0 Å². The van der Waals surface area contributed by atoms with Crippen molar-refractivity contribution in [1.82, 2.24) is 9.88 Å². The molecule has 0 saturated carbocycles. The second-order valence-electron chi connectivity index (χ2n) is 4.75. The number of rotatable bonds is 5. The van der Waals surface area contributed by atoms with Crippen LogP contribution in [0.15, 0.2) is 42.6 Å². The van der Waals surface area contributed by atoms with Crippen LogP contribution in [0, 0.1) is 5.82 Å². The molecule has 0 atom stereocenters. The quantitative estimate of drug-likeness (QED) is 0.919. The fourth-order valence-electron chi connectivity index (χ4n) is 2.00. The molecule has 0 unspecified atom stereocenters. The Labute approximate surface area is 123 Å². The minimum absolute atomic E-state index is 0.0964. The molecule has 0 bridgehead atoms. The van der Waals surface area contributed by atoms with Gasteiger partial charge in [-0.05, 0) is 36.8 Å². The molecule has 0 saturated heterocycles. The van der Waals surface area contributed by atoms with E-state index in [-0.39, 0.29) is 11.7 Å². The highest BCUT2D eigenvalue weighted by molar-refractivity contribution is 5.94. The fourth-order valence-corrected chi connectivity index (χ4v) is 2.00. The first kappa shape index (κ1) is 15.0. The van der Waals surface area contributed by atoms with Crippen LogP contribution in [0.3, 0.4) is 0 Å². The van der Waals surface area contributed by atoms with Gasteiger partial charge in [0.25, 0.3) is 5.91 Å². The number of anilines is 1. The molecule has 0 spiro atoms. The van der Waals surface area contributed by atoms with Gasteiger partial charge in [-0.2, -0.15) is 0 Å². The monoisotopic (exact) mass is 287 g/mol. The summed E-state index contributed by atoms with van der Waals surface area (Å²) in [5.41, 5.74) is 1.46. The topological polar surface area (TPSA) is 45.2 Å². The Kier molecular flexibility index (Phi) is 4.87. The normalized spacial score (nSPS) is 10.2. The fraction of sp³-hybridized carbons (Fsp3) is 0.250. The number of hydrogen-bond acceptors (Lipinski definition) is 3. The van der Waals surface area contributed by atoms with Crippen LogP contribution >= 0.6 is 0 Å². The van der Waals surface area contributed by atoms with Gasteiger partial charge in [0.05, 0.1) is 0 Å². The van der Waals surface area contributed by atoms with E-state index in [1.807, 2.05) is 6.92 Å². The predicted octanol–water partition coefficient (Wildman–Crippen LogP) is 2.92. The second-order valence-corrected chi connectivity index (χ2v) is 4.75. The Morgan fingerprint density at radius 1 is 1.29 bits per heavy atom. The molecule has 1 aromatic carbocycles. The summed E-state index contributed by atoms with van der Waals surface area (Å²) in [5.74, 6) is 0.302. The van der Waals surface area contributed by atoms with Gasteiger partial charge in [-0.1, -0.05) is 12.1 Å². The Hall–Kier alpha value is -2.43. The van der Waals surface area contributed by atoms with Crippen molar-refractivity contribution in [3.8, 4) is 0 Å². The van der Waals surface area contributed by atoms with Crippen LogP contribution in [0.4, 0.5) is 10.2 Å². The van der Waals surface area contributed by atoms with Gasteiger partial charge in [-0.3, -0.25) is 4.79 Å². The summed E-state index contributed by atoms with van der Waals surface area (Å²) in [6, 6.07) is 9.55. The first-order valence-corrected chi connectivity index (χ1v) is 6.80. The minimum atomic E-state index is -0.280. The minimum Gasteiger partial charge on any atom is -0.370 e. The van der Waals surface area contributed by atoms with Crippen LogP contribution in [0.1, 0.15) is 22.8 Å². The van der Waals surface area contributed by atoms with Crippen molar-refractivity contribution in [2.45, 2.75) is 13.5 Å². The summed E-state index contributed by atoms with van der Waals surface area (Å²) in [6.45, 7) is 3.14. The molecule has 0 aliphatic rings. The third kappa shape index (κ3) is 4.02. The standard InChI is InChI=1S/C16H18FN3O/c1-3-18-15-10-13(8-9-19-15)16(21)20(2)11-12-4-6-14(17)7-5-12/h4-10H,3,11H2,1-2H3,(H,18,19). The van der Waals surface area contributed by atoms with Gasteiger partial charge in [0.2, 0.25) is 0 Å². The van der Waals surface area contributed by atoms with Gasteiger partial charge >= 0.3 is 0 Å². The lowest BCUT2D eigenvalue weighted by molar-refractivity contribution is 0.0785. The first-order chi connectivity index (χ1) is 10.1. The van der Waals surface area contributed by atoms with Crippen molar-refractivity contribution < 1.29 is 9.18 Å². The van der Waals surface area contributed by atoms with E-state index in [0.29, 0.717) is 17.9 Å². The lowest BCUT2D eigenvalue weighted by Gasteiger charge is -2.17. The molecule has 1 heterocycles. The molecule has 4 nitrogen and oxygen atoms in total. The molecule has 2 rings (SSSR count). The number of carbonyl (C=O) groups is 1. The lowest BCUT2D eigenvalue weighted by atomic mass is 10.2. The maximum absolute atomic E-state index is 12.9. The van der Waals surface area contributed by atoms with Gasteiger partial charge in [0.15, 0.2) is 0 Å². The van der Waals surface area contributed by atoms with E-state index < -0.39 is 0 Å². The molecule has 0 radical (unpaired) electrons. The van der Waals surface area contributed by atoms with Gasteiger partial charge in [0, 0.05) is 31.9 Å². The van der Waals surface area contributed by atoms with Gasteiger partial charge in [-0.25, -0.2) is 9.37 Å². The number of halogens is 1. The lowest BCUT2D eigenvalue weighted by Crippen LogP contribution is -2.26. The number of benzene rings is 1. The van der Waals surface area contributed by atoms with Crippen LogP contribution in [-0.4, -0.2) is 29.4 Å². The SMILES string of the molecule is CCNc1cc(C(=O)N(C)Cc2ccc(F)cc2)ccn1. The van der Waals surface area contributed by atoms with E-state index in [4.69, 9.17) is 0 Å². The maximum atomic E-state index is 12.9. The number of amides is 1. The average molecular weight is 287 g/mol. The van der Waals surface area contributed by atoms with Crippen molar-refractivity contribution in [1.29, 1.82) is 0 Å². The molecule has 1 amide bonds. The molecule has 5 heteroatoms. The number of nitrogens with zero attached hydrogens (tertiary/aromatic N) is 2. The molecule has 1 N–H and O–H groups in total. The van der Waals surface area contributed by atoms with Crippen molar-refractivity contribution in [3.05, 3.63) is 59.5 Å². The van der Waals surface area contributed by atoms with Crippen LogP contribution < -0.4 is 5.32 Å². The zero-order valence-electron chi connectivity index (χ0n) is 12.1. The summed E-state index contributed by atoms with van der Waals surface area (Å²) in [5, 5.41) is 3.07. The number of nitrogens with one attached hydrogen (secondary N) is 1. The van der Waals surface area contributed by atoms with E-state index in [1.165, 1.54) is 12.1 Å². The number of hydrogen-bond donors (Lipinski definition) is 1. The van der Waals surface area contributed by atoms with E-state index in [9.17, 15) is 9.18 Å². The predicted molar refractivity (Wildman–Crippen MR) is 80.6 cm³/mol. The zero-order valence-corrected chi connectivity index (χ0v) is 12.1. The molecular formula is C16H18FN3O. The van der Waals surface area contributed by atoms with Crippen LogP contribution in [0.5, 0.6) is 0 Å². The Bertz CT molecular complexity index is 613. The Morgan fingerprint density at radius 3 is 2.67 bits per heavy atom. The highest BCUT2D eigenvalue weighted by atomic mass is 19.1. The summed E-state index contributed by atoms with van der Waals surface area (Å²) >= 11 is 0. The van der Waals surface area contributed by atoms with Crippen LogP contribution in [0.25, 0.3) is 0 Å². The number of carbonyl (C=O) groups excluding carboxylic acids is 1. The van der Waals surface area contributed by atoms with E-state index in [2.05, 4.69) is 10.3 Å². The van der Waals surface area contributed by atoms with Crippen molar-refractivity contribution in [3.63, 3.8) is 0 Å². The molecule has 21 heavy (non-hydrogen) atoms. The molecule has 1 aromatic heterocycles. The zero-order chi connectivity index (χ0) is 15.2. The summed E-state index contributed by atoms with van der Waals surface area (Å²) in [6.07, 6.45) is 1.61. The largest absolute Gasteiger partial charge is 0.370 e. The maximum Gasteiger partial charge on any atom is 0.254 e. The third-order valence-electron chi connectivity index (χ3n) is 3.04. The highest BCUT2D eigenvalue weighted by Crippen LogP contribution is 2.12. The van der Waals surface area contributed by atoms with E-state index >= 15 is 0 Å². The van der Waals surface area contributed by atoms with Crippen molar-refractivity contribution >= 4 is 11.7 Å². The molecule has 2 aromatic rings. The van der Waals surface area contributed by atoms with E-state index in [0.717, 1.165) is 12.1 Å². The van der Waals surface area contributed by atoms with Crippen LogP contribution in [-0.2, 0) is 6.54 Å². The van der Waals surface area contributed by atoms with Crippen molar-refractivity contribution in [2.24, 2.45) is 0 Å². The number of aromatic nitrogens is 1. The number of pyridine rings is 1. The van der Waals surface area contributed by atoms with Crippen LogP contribution in [0.2, 0.25) is 0 Å². The highest BCUT2D eigenvalue weighted by Gasteiger charge is 2.12. The van der Waals surface area contributed by atoms with Gasteiger partial charge < -0.3 is 10.2 Å². The molecule has 0 fully saturated rings. The first-order valence-electron chi connectivity index (χ1n) is 6.80. The summed E-state index contributed by atoms with van der Waals surface area (Å²) in [4.78, 5) is 18.1. The van der Waals surface area contributed by atoms with E-state index in [1.54, 1.807) is 42.4 Å². The molecule has 0 aliphatic carbocycles. The smallest absolute Gasteiger partial charge is 0.254 e. The summed E-state index contributed by atoms with van der Waals surface area (Å²) < 4.78 is 12.9. The molecule has 110 valence electrons. The van der Waals surface area contributed by atoms with Crippen molar-refractivity contribution in [2.75, 3.05) is 18.9 Å². The second kappa shape index (κ2) is 6.83. The molecule has 0 aliphatic heterocycles. The summed E-state index contributed by atoms with van der Waals surface area (Å²) in [7, 11) is 1.72. The average Bonchev–Trinajstić information content (AvgIpc) is 2.49.